The van der Waals surface area contributed by atoms with E-state index in [0.29, 0.717) is 10.2 Å². The molecular formula is C14H16ClN3O2S. The molecule has 0 unspecified atom stereocenters. The molecule has 0 atom stereocenters. The van der Waals surface area contributed by atoms with Crippen LogP contribution in [0.1, 0.15) is 25.5 Å². The Balaban J connectivity index is 2.46. The molecule has 0 amide bonds. The minimum Gasteiger partial charge on any atom is -0.481 e. The zero-order valence-corrected chi connectivity index (χ0v) is 13.6. The van der Waals surface area contributed by atoms with Gasteiger partial charge in [-0.05, 0) is 44.5 Å². The second-order valence-corrected chi connectivity index (χ2v) is 6.29. The molecule has 0 aliphatic heterocycles. The third-order valence-electron chi connectivity index (χ3n) is 2.94. The number of hydrogen-bond donors (Lipinski definition) is 1. The van der Waals surface area contributed by atoms with Gasteiger partial charge in [0.05, 0.1) is 5.75 Å². The number of hydrogen-bond acceptors (Lipinski definition) is 4. The molecule has 112 valence electrons. The number of thioether (sulfide) groups is 1. The summed E-state index contributed by atoms with van der Waals surface area (Å²) in [5, 5.41) is 18.5. The summed E-state index contributed by atoms with van der Waals surface area (Å²) in [6.45, 7) is 6.00. The second-order valence-electron chi connectivity index (χ2n) is 4.91. The van der Waals surface area contributed by atoms with E-state index in [1.54, 1.807) is 0 Å². The normalized spacial score (nSPS) is 11.1. The molecule has 0 aliphatic rings. The van der Waals surface area contributed by atoms with Crippen LogP contribution in [0.5, 0.6) is 0 Å². The van der Waals surface area contributed by atoms with Gasteiger partial charge in [-0.25, -0.2) is 0 Å². The van der Waals surface area contributed by atoms with Crippen LogP contribution in [0.4, 0.5) is 0 Å². The van der Waals surface area contributed by atoms with Crippen LogP contribution in [-0.4, -0.2) is 31.6 Å². The van der Waals surface area contributed by atoms with E-state index in [0.717, 1.165) is 17.0 Å². The van der Waals surface area contributed by atoms with Gasteiger partial charge < -0.3 is 5.11 Å². The van der Waals surface area contributed by atoms with Crippen LogP contribution in [0, 0.1) is 6.92 Å². The molecule has 0 bridgehead atoms. The number of benzene rings is 1. The average Bonchev–Trinajstić information content (AvgIpc) is 2.80. The van der Waals surface area contributed by atoms with Crippen LogP contribution in [0.3, 0.4) is 0 Å². The Kier molecular flexibility index (Phi) is 4.90. The Morgan fingerprint density at radius 3 is 2.71 bits per heavy atom. The van der Waals surface area contributed by atoms with Crippen molar-refractivity contribution in [1.82, 2.24) is 14.8 Å². The van der Waals surface area contributed by atoms with Gasteiger partial charge in [0, 0.05) is 16.6 Å². The van der Waals surface area contributed by atoms with E-state index in [4.69, 9.17) is 16.7 Å². The first kappa shape index (κ1) is 15.9. The van der Waals surface area contributed by atoms with E-state index in [9.17, 15) is 4.79 Å². The highest BCUT2D eigenvalue weighted by Gasteiger charge is 2.18. The first-order chi connectivity index (χ1) is 9.90. The lowest BCUT2D eigenvalue weighted by Crippen LogP contribution is -2.07. The second kappa shape index (κ2) is 6.49. The molecule has 0 spiro atoms. The summed E-state index contributed by atoms with van der Waals surface area (Å²) in [7, 11) is 0. The molecule has 0 saturated carbocycles. The smallest absolute Gasteiger partial charge is 0.313 e. The Morgan fingerprint density at radius 2 is 2.14 bits per heavy atom. The SMILES string of the molecule is Cc1cc(Cl)ccc1-c1nnc(SCC(=O)O)n1C(C)C. The van der Waals surface area contributed by atoms with E-state index >= 15 is 0 Å². The molecule has 1 aromatic heterocycles. The van der Waals surface area contributed by atoms with Crippen LogP contribution >= 0.6 is 23.4 Å². The summed E-state index contributed by atoms with van der Waals surface area (Å²) in [5.41, 5.74) is 1.95. The van der Waals surface area contributed by atoms with Crippen LogP contribution in [0.25, 0.3) is 11.4 Å². The molecule has 7 heteroatoms. The zero-order valence-electron chi connectivity index (χ0n) is 12.0. The number of carboxylic acid groups (broad SMARTS) is 1. The van der Waals surface area contributed by atoms with Gasteiger partial charge in [-0.2, -0.15) is 0 Å². The summed E-state index contributed by atoms with van der Waals surface area (Å²) in [4.78, 5) is 10.7. The van der Waals surface area contributed by atoms with Crippen molar-refractivity contribution >= 4 is 29.3 Å². The van der Waals surface area contributed by atoms with Crippen molar-refractivity contribution in [2.75, 3.05) is 5.75 Å². The molecule has 2 aromatic rings. The Labute approximate surface area is 132 Å². The number of rotatable bonds is 5. The monoisotopic (exact) mass is 325 g/mol. The summed E-state index contributed by atoms with van der Waals surface area (Å²) in [6.07, 6.45) is 0. The minimum absolute atomic E-state index is 0.0372. The molecule has 21 heavy (non-hydrogen) atoms. The fourth-order valence-corrected chi connectivity index (χ4v) is 3.04. The minimum atomic E-state index is -0.873. The summed E-state index contributed by atoms with van der Waals surface area (Å²) in [5.74, 6) is -0.181. The molecule has 1 heterocycles. The fourth-order valence-electron chi connectivity index (χ4n) is 2.03. The quantitative estimate of drug-likeness (QED) is 0.849. The Hall–Kier alpha value is -1.53. The lowest BCUT2D eigenvalue weighted by molar-refractivity contribution is -0.133. The topological polar surface area (TPSA) is 68.0 Å². The van der Waals surface area contributed by atoms with Crippen molar-refractivity contribution in [2.45, 2.75) is 32.0 Å². The number of halogens is 1. The Morgan fingerprint density at radius 1 is 1.43 bits per heavy atom. The number of nitrogens with zero attached hydrogens (tertiary/aromatic N) is 3. The third kappa shape index (κ3) is 3.57. The number of aryl methyl sites for hydroxylation is 1. The predicted octanol–water partition coefficient (Wildman–Crippen LogP) is 3.66. The van der Waals surface area contributed by atoms with Gasteiger partial charge in [-0.15, -0.1) is 10.2 Å². The fraction of sp³-hybridized carbons (Fsp3) is 0.357. The van der Waals surface area contributed by atoms with Gasteiger partial charge >= 0.3 is 5.97 Å². The predicted molar refractivity (Wildman–Crippen MR) is 83.9 cm³/mol. The summed E-state index contributed by atoms with van der Waals surface area (Å²) < 4.78 is 1.95. The van der Waals surface area contributed by atoms with Crippen molar-refractivity contribution in [2.24, 2.45) is 0 Å². The van der Waals surface area contributed by atoms with E-state index in [1.165, 1.54) is 11.8 Å². The highest BCUT2D eigenvalue weighted by molar-refractivity contribution is 7.99. The van der Waals surface area contributed by atoms with Crippen molar-refractivity contribution in [3.05, 3.63) is 28.8 Å². The molecule has 1 N–H and O–H groups in total. The lowest BCUT2D eigenvalue weighted by Gasteiger charge is -2.14. The molecule has 0 aliphatic carbocycles. The van der Waals surface area contributed by atoms with Crippen molar-refractivity contribution < 1.29 is 9.90 Å². The summed E-state index contributed by atoms with van der Waals surface area (Å²) >= 11 is 7.16. The summed E-state index contributed by atoms with van der Waals surface area (Å²) in [6, 6.07) is 5.72. The lowest BCUT2D eigenvalue weighted by atomic mass is 10.1. The maximum Gasteiger partial charge on any atom is 0.313 e. The molecular weight excluding hydrogens is 310 g/mol. The largest absolute Gasteiger partial charge is 0.481 e. The average molecular weight is 326 g/mol. The number of aliphatic carboxylic acids is 1. The van der Waals surface area contributed by atoms with Crippen molar-refractivity contribution in [3.8, 4) is 11.4 Å². The van der Waals surface area contributed by atoms with E-state index in [-0.39, 0.29) is 11.8 Å². The molecule has 1 aromatic carbocycles. The highest BCUT2D eigenvalue weighted by atomic mass is 35.5. The maximum absolute atomic E-state index is 10.7. The number of carboxylic acids is 1. The molecule has 0 saturated heterocycles. The van der Waals surface area contributed by atoms with E-state index in [1.807, 2.05) is 43.5 Å². The van der Waals surface area contributed by atoms with Crippen LogP contribution in [0.15, 0.2) is 23.4 Å². The zero-order chi connectivity index (χ0) is 15.6. The molecule has 0 fully saturated rings. The maximum atomic E-state index is 10.7. The van der Waals surface area contributed by atoms with Gasteiger partial charge in [-0.1, -0.05) is 23.4 Å². The van der Waals surface area contributed by atoms with Gasteiger partial charge in [0.25, 0.3) is 0 Å². The number of aromatic nitrogens is 3. The molecule has 0 radical (unpaired) electrons. The standard InChI is InChI=1S/C14H16ClN3O2S/c1-8(2)18-13(11-5-4-10(15)6-9(11)3)16-17-14(18)21-7-12(19)20/h4-6,8H,7H2,1-3H3,(H,19,20). The number of carbonyl (C=O) groups is 1. The van der Waals surface area contributed by atoms with Crippen LogP contribution in [-0.2, 0) is 4.79 Å². The Bertz CT molecular complexity index is 670. The van der Waals surface area contributed by atoms with Gasteiger partial charge in [0.1, 0.15) is 0 Å². The third-order valence-corrected chi connectivity index (χ3v) is 4.10. The van der Waals surface area contributed by atoms with Gasteiger partial charge in [0.15, 0.2) is 11.0 Å². The first-order valence-electron chi connectivity index (χ1n) is 6.46. The molecule has 2 rings (SSSR count). The van der Waals surface area contributed by atoms with Crippen molar-refractivity contribution in [3.63, 3.8) is 0 Å². The van der Waals surface area contributed by atoms with Crippen LogP contribution in [0.2, 0.25) is 5.02 Å². The molecule has 5 nitrogen and oxygen atoms in total. The van der Waals surface area contributed by atoms with E-state index in [2.05, 4.69) is 10.2 Å². The van der Waals surface area contributed by atoms with Gasteiger partial charge in [-0.3, -0.25) is 9.36 Å². The van der Waals surface area contributed by atoms with Crippen molar-refractivity contribution in [1.29, 1.82) is 0 Å². The van der Waals surface area contributed by atoms with E-state index < -0.39 is 5.97 Å². The first-order valence-corrected chi connectivity index (χ1v) is 7.82. The highest BCUT2D eigenvalue weighted by Crippen LogP contribution is 2.30. The van der Waals surface area contributed by atoms with Crippen LogP contribution < -0.4 is 0 Å². The van der Waals surface area contributed by atoms with Gasteiger partial charge in [0.2, 0.25) is 0 Å².